The highest BCUT2D eigenvalue weighted by molar-refractivity contribution is 6.00. The van der Waals surface area contributed by atoms with E-state index in [-0.39, 0.29) is 5.82 Å². The number of aromatic amines is 2. The van der Waals surface area contributed by atoms with Crippen molar-refractivity contribution in [1.82, 2.24) is 30.5 Å². The van der Waals surface area contributed by atoms with Gasteiger partial charge in [0.05, 0.1) is 17.4 Å². The average Bonchev–Trinajstić information content (AvgIpc) is 3.43. The zero-order valence-electron chi connectivity index (χ0n) is 16.6. The summed E-state index contributed by atoms with van der Waals surface area (Å²) in [4.78, 5) is 12.3. The van der Waals surface area contributed by atoms with Crippen molar-refractivity contribution in [2.24, 2.45) is 0 Å². The molecule has 0 fully saturated rings. The molecule has 1 aliphatic rings. The molecule has 6 nitrogen and oxygen atoms in total. The van der Waals surface area contributed by atoms with E-state index < -0.39 is 0 Å². The van der Waals surface area contributed by atoms with Crippen LogP contribution in [0.5, 0.6) is 0 Å². The first-order valence-electron chi connectivity index (χ1n) is 10.2. The van der Waals surface area contributed by atoms with Crippen LogP contribution < -0.4 is 5.32 Å². The van der Waals surface area contributed by atoms with Crippen LogP contribution in [0.2, 0.25) is 0 Å². The molecule has 0 saturated heterocycles. The van der Waals surface area contributed by atoms with Crippen LogP contribution in [0.3, 0.4) is 0 Å². The Kier molecular flexibility index (Phi) is 4.14. The molecule has 0 bridgehead atoms. The number of nitrogens with one attached hydrogen (secondary N) is 3. The molecule has 0 amide bonds. The van der Waals surface area contributed by atoms with E-state index in [0.29, 0.717) is 5.56 Å². The van der Waals surface area contributed by atoms with Gasteiger partial charge < -0.3 is 10.3 Å². The Morgan fingerprint density at radius 1 is 0.968 bits per heavy atom. The van der Waals surface area contributed by atoms with Crippen molar-refractivity contribution in [3.63, 3.8) is 0 Å². The maximum absolute atomic E-state index is 14.4. The third-order valence-electron chi connectivity index (χ3n) is 5.82. The van der Waals surface area contributed by atoms with E-state index in [1.807, 2.05) is 18.3 Å². The van der Waals surface area contributed by atoms with Crippen molar-refractivity contribution in [1.29, 1.82) is 0 Å². The number of hydrogen-bond acceptors (Lipinski definition) is 4. The van der Waals surface area contributed by atoms with Gasteiger partial charge in [0.1, 0.15) is 11.5 Å². The molecule has 7 heteroatoms. The summed E-state index contributed by atoms with van der Waals surface area (Å²) in [6.07, 6.45) is 8.53. The molecular formula is C24H19FN6. The molecule has 31 heavy (non-hydrogen) atoms. The van der Waals surface area contributed by atoms with Crippen LogP contribution in [-0.4, -0.2) is 38.2 Å². The van der Waals surface area contributed by atoms with Crippen molar-refractivity contribution in [3.05, 3.63) is 72.4 Å². The van der Waals surface area contributed by atoms with E-state index in [4.69, 9.17) is 0 Å². The molecule has 0 aliphatic carbocycles. The molecule has 0 unspecified atom stereocenters. The zero-order valence-corrected chi connectivity index (χ0v) is 16.6. The summed E-state index contributed by atoms with van der Waals surface area (Å²) in [5.41, 5.74) is 6.87. The van der Waals surface area contributed by atoms with Crippen LogP contribution in [0.4, 0.5) is 4.39 Å². The van der Waals surface area contributed by atoms with E-state index >= 15 is 0 Å². The predicted molar refractivity (Wildman–Crippen MR) is 120 cm³/mol. The number of rotatable bonds is 3. The fraction of sp³-hybridized carbons (Fsp3) is 0.125. The monoisotopic (exact) mass is 410 g/mol. The Morgan fingerprint density at radius 2 is 1.90 bits per heavy atom. The summed E-state index contributed by atoms with van der Waals surface area (Å²) in [6.45, 7) is 1.84. The Labute approximate surface area is 177 Å². The van der Waals surface area contributed by atoms with Gasteiger partial charge in [-0.25, -0.2) is 9.37 Å². The number of benzene rings is 1. The Morgan fingerprint density at radius 3 is 2.77 bits per heavy atom. The van der Waals surface area contributed by atoms with Crippen LogP contribution in [-0.2, 0) is 0 Å². The van der Waals surface area contributed by atoms with Crippen molar-refractivity contribution >= 4 is 27.5 Å². The highest BCUT2D eigenvalue weighted by Gasteiger charge is 2.17. The van der Waals surface area contributed by atoms with Crippen molar-refractivity contribution in [2.75, 3.05) is 13.1 Å². The number of aromatic nitrogens is 5. The Bertz CT molecular complexity index is 1460. The molecule has 0 saturated carbocycles. The van der Waals surface area contributed by atoms with Gasteiger partial charge >= 0.3 is 0 Å². The summed E-state index contributed by atoms with van der Waals surface area (Å²) < 4.78 is 14.4. The van der Waals surface area contributed by atoms with Gasteiger partial charge in [-0.3, -0.25) is 10.1 Å². The largest absolute Gasteiger partial charge is 0.352 e. The number of fused-ring (bicyclic) bond motifs is 2. The minimum absolute atomic E-state index is 0.270. The number of nitrogens with zero attached hydrogens (tertiary/aromatic N) is 3. The standard InChI is InChI=1S/C24H19FN6/c25-20-4-2-1-3-16(20)19-12-27-13-22-17(19)10-21(29-22)23-18-9-15(11-28-24(18)31-30-23)14-5-7-26-8-6-14/h1-5,9-13,26,29H,6-8H2,(H,28,30,31). The van der Waals surface area contributed by atoms with Gasteiger partial charge in [-0.2, -0.15) is 5.10 Å². The molecule has 4 aromatic heterocycles. The van der Waals surface area contributed by atoms with Crippen LogP contribution >= 0.6 is 0 Å². The van der Waals surface area contributed by atoms with E-state index in [0.717, 1.165) is 64.0 Å². The van der Waals surface area contributed by atoms with Gasteiger partial charge in [0.25, 0.3) is 0 Å². The quantitative estimate of drug-likeness (QED) is 0.403. The van der Waals surface area contributed by atoms with Crippen LogP contribution in [0.25, 0.3) is 50.0 Å². The molecule has 5 aromatic rings. The molecule has 0 radical (unpaired) electrons. The number of hydrogen-bond donors (Lipinski definition) is 3. The SMILES string of the molecule is Fc1ccccc1-c1cncc2[nH]c(-c3n[nH]c4ncc(C5=CCNCC5)cc34)cc12. The van der Waals surface area contributed by atoms with E-state index in [2.05, 4.69) is 42.6 Å². The maximum Gasteiger partial charge on any atom is 0.155 e. The first-order valence-corrected chi connectivity index (χ1v) is 10.2. The van der Waals surface area contributed by atoms with Gasteiger partial charge in [-0.1, -0.05) is 24.3 Å². The van der Waals surface area contributed by atoms with Crippen LogP contribution in [0, 0.1) is 5.82 Å². The lowest BCUT2D eigenvalue weighted by atomic mass is 10.0. The van der Waals surface area contributed by atoms with Crippen molar-refractivity contribution in [3.8, 4) is 22.5 Å². The van der Waals surface area contributed by atoms with E-state index in [1.54, 1.807) is 24.5 Å². The molecule has 0 spiro atoms. The first kappa shape index (κ1) is 18.0. The fourth-order valence-electron chi connectivity index (χ4n) is 4.24. The lowest BCUT2D eigenvalue weighted by Crippen LogP contribution is -2.20. The molecule has 6 rings (SSSR count). The molecule has 152 valence electrons. The van der Waals surface area contributed by atoms with Gasteiger partial charge in [0.2, 0.25) is 0 Å². The average molecular weight is 410 g/mol. The first-order chi connectivity index (χ1) is 15.3. The van der Waals surface area contributed by atoms with Gasteiger partial charge in [0, 0.05) is 40.8 Å². The van der Waals surface area contributed by atoms with Gasteiger partial charge in [-0.05, 0) is 42.3 Å². The fourth-order valence-corrected chi connectivity index (χ4v) is 4.24. The second kappa shape index (κ2) is 7.14. The highest BCUT2D eigenvalue weighted by Crippen LogP contribution is 2.34. The smallest absolute Gasteiger partial charge is 0.155 e. The molecular weight excluding hydrogens is 391 g/mol. The minimum atomic E-state index is -0.270. The summed E-state index contributed by atoms with van der Waals surface area (Å²) in [5.74, 6) is -0.270. The van der Waals surface area contributed by atoms with E-state index in [1.165, 1.54) is 11.6 Å². The lowest BCUT2D eigenvalue weighted by molar-refractivity contribution is 0.631. The third kappa shape index (κ3) is 3.02. The van der Waals surface area contributed by atoms with Crippen molar-refractivity contribution in [2.45, 2.75) is 6.42 Å². The van der Waals surface area contributed by atoms with Crippen LogP contribution in [0.1, 0.15) is 12.0 Å². The third-order valence-corrected chi connectivity index (χ3v) is 5.82. The number of H-pyrrole nitrogens is 2. The maximum atomic E-state index is 14.4. The van der Waals surface area contributed by atoms with Crippen molar-refractivity contribution < 1.29 is 4.39 Å². The minimum Gasteiger partial charge on any atom is -0.352 e. The number of halogens is 1. The normalized spacial score (nSPS) is 14.3. The second-order valence-electron chi connectivity index (χ2n) is 7.69. The summed E-state index contributed by atoms with van der Waals surface area (Å²) in [6, 6.07) is 10.9. The van der Waals surface area contributed by atoms with Gasteiger partial charge in [0.15, 0.2) is 5.65 Å². The van der Waals surface area contributed by atoms with Crippen LogP contribution in [0.15, 0.2) is 61.1 Å². The Balaban J connectivity index is 1.50. The molecule has 0 atom stereocenters. The predicted octanol–water partition coefficient (Wildman–Crippen LogP) is 4.68. The molecule has 1 aliphatic heterocycles. The molecule has 1 aromatic carbocycles. The topological polar surface area (TPSA) is 82.3 Å². The summed E-state index contributed by atoms with van der Waals surface area (Å²) >= 11 is 0. The molecule has 5 heterocycles. The lowest BCUT2D eigenvalue weighted by Gasteiger charge is -2.13. The summed E-state index contributed by atoms with van der Waals surface area (Å²) in [7, 11) is 0. The zero-order chi connectivity index (χ0) is 20.8. The second-order valence-corrected chi connectivity index (χ2v) is 7.69. The van der Waals surface area contributed by atoms with Gasteiger partial charge in [-0.15, -0.1) is 0 Å². The highest BCUT2D eigenvalue weighted by atomic mass is 19.1. The Hall–Kier alpha value is -3.84. The summed E-state index contributed by atoms with van der Waals surface area (Å²) in [5, 5.41) is 12.7. The number of pyridine rings is 2. The molecule has 3 N–H and O–H groups in total. The van der Waals surface area contributed by atoms with E-state index in [9.17, 15) is 4.39 Å².